The molecule has 2 aliphatic rings. The van der Waals surface area contributed by atoms with Crippen LogP contribution in [0.25, 0.3) is 22.2 Å². The van der Waals surface area contributed by atoms with Gasteiger partial charge in [0.05, 0.1) is 23.7 Å². The van der Waals surface area contributed by atoms with Gasteiger partial charge in [0, 0.05) is 31.0 Å². The van der Waals surface area contributed by atoms with Gasteiger partial charge in [0.15, 0.2) is 17.4 Å². The molecule has 3 heterocycles. The van der Waals surface area contributed by atoms with Gasteiger partial charge in [0.25, 0.3) is 5.91 Å². The predicted octanol–water partition coefficient (Wildman–Crippen LogP) is 8.27. The number of hydrogen-bond acceptors (Lipinski definition) is 4. The highest BCUT2D eigenvalue weighted by Crippen LogP contribution is 2.41. The van der Waals surface area contributed by atoms with Crippen molar-refractivity contribution >= 4 is 16.9 Å². The zero-order chi connectivity index (χ0) is 29.7. The molecular weight excluding hydrogens is 536 g/mol. The first-order valence-electron chi connectivity index (χ1n) is 15.8. The molecular formula is C34H45F2N3O3. The Kier molecular flexibility index (Phi) is 9.94. The lowest BCUT2D eigenvalue weighted by atomic mass is 10.0. The number of carbonyl (C=O) groups is 1. The fourth-order valence-electron chi connectivity index (χ4n) is 6.12. The number of unbranched alkanes of at least 4 members (excludes halogenated alkanes) is 8. The Hall–Kier alpha value is -2.84. The molecule has 1 fully saturated rings. The number of nitrogens with zero attached hydrogens (tertiary/aromatic N) is 3. The minimum atomic E-state index is -0.949. The van der Waals surface area contributed by atoms with Crippen LogP contribution in [0.5, 0.6) is 0 Å². The molecule has 228 valence electrons. The Morgan fingerprint density at radius 1 is 0.952 bits per heavy atom. The van der Waals surface area contributed by atoms with Gasteiger partial charge in [-0.25, -0.2) is 8.78 Å². The molecule has 0 spiro atoms. The van der Waals surface area contributed by atoms with E-state index in [0.717, 1.165) is 43.3 Å². The third-order valence-corrected chi connectivity index (χ3v) is 8.51. The first-order valence-corrected chi connectivity index (χ1v) is 15.8. The van der Waals surface area contributed by atoms with Crippen molar-refractivity contribution in [2.75, 3.05) is 13.2 Å². The smallest absolute Gasteiger partial charge is 0.271 e. The second kappa shape index (κ2) is 13.6. The van der Waals surface area contributed by atoms with E-state index in [2.05, 4.69) is 11.9 Å². The number of aromatic nitrogens is 2. The van der Waals surface area contributed by atoms with Gasteiger partial charge >= 0.3 is 0 Å². The lowest BCUT2D eigenvalue weighted by Gasteiger charge is -2.39. The van der Waals surface area contributed by atoms with Gasteiger partial charge in [-0.2, -0.15) is 0 Å². The molecule has 5 rings (SSSR count). The standard InChI is InChI=1S/C34H45F2N3O3/c1-4-5-6-7-8-9-10-11-12-20-41-34(2,3)42-23-26-22-38-29-14-13-19-37-31(29)30(24-15-18-27(35)28(36)21-24)32(38)33(40)39(26)25-16-17-25/h13-15,18-19,21,25-26H,4-12,16-17,20,22-23H2,1-3H3. The molecule has 1 aliphatic heterocycles. The van der Waals surface area contributed by atoms with Crippen LogP contribution in [0, 0.1) is 11.6 Å². The molecule has 1 atom stereocenters. The van der Waals surface area contributed by atoms with Gasteiger partial charge in [-0.15, -0.1) is 0 Å². The van der Waals surface area contributed by atoms with E-state index in [4.69, 9.17) is 9.47 Å². The molecule has 8 heteroatoms. The van der Waals surface area contributed by atoms with Crippen LogP contribution in [-0.4, -0.2) is 51.4 Å². The Labute approximate surface area is 248 Å². The van der Waals surface area contributed by atoms with Crippen molar-refractivity contribution in [2.24, 2.45) is 0 Å². The van der Waals surface area contributed by atoms with Crippen LogP contribution in [0.4, 0.5) is 8.78 Å². The van der Waals surface area contributed by atoms with Crippen LogP contribution in [0.2, 0.25) is 0 Å². The van der Waals surface area contributed by atoms with E-state index in [1.165, 1.54) is 51.0 Å². The third kappa shape index (κ3) is 7.03. The van der Waals surface area contributed by atoms with Crippen molar-refractivity contribution in [2.45, 2.75) is 116 Å². The summed E-state index contributed by atoms with van der Waals surface area (Å²) in [7, 11) is 0. The number of hydrogen-bond donors (Lipinski definition) is 0. The van der Waals surface area contributed by atoms with Gasteiger partial charge < -0.3 is 18.9 Å². The van der Waals surface area contributed by atoms with Crippen molar-refractivity contribution in [1.82, 2.24) is 14.5 Å². The number of carbonyl (C=O) groups excluding carboxylic acids is 1. The largest absolute Gasteiger partial charge is 0.351 e. The number of benzene rings is 1. The monoisotopic (exact) mass is 581 g/mol. The van der Waals surface area contributed by atoms with Crippen LogP contribution < -0.4 is 0 Å². The van der Waals surface area contributed by atoms with E-state index in [0.29, 0.717) is 42.1 Å². The van der Waals surface area contributed by atoms with E-state index in [9.17, 15) is 13.6 Å². The summed E-state index contributed by atoms with van der Waals surface area (Å²) in [5.74, 6) is -2.76. The zero-order valence-electron chi connectivity index (χ0n) is 25.3. The van der Waals surface area contributed by atoms with E-state index in [1.807, 2.05) is 35.4 Å². The molecule has 1 amide bonds. The van der Waals surface area contributed by atoms with E-state index in [-0.39, 0.29) is 18.0 Å². The van der Waals surface area contributed by atoms with Crippen molar-refractivity contribution in [1.29, 1.82) is 0 Å². The van der Waals surface area contributed by atoms with Crippen LogP contribution in [0.3, 0.4) is 0 Å². The summed E-state index contributed by atoms with van der Waals surface area (Å²) >= 11 is 0. The van der Waals surface area contributed by atoms with Gasteiger partial charge in [-0.05, 0) is 62.9 Å². The zero-order valence-corrected chi connectivity index (χ0v) is 25.3. The molecule has 2 aromatic heterocycles. The molecule has 0 bridgehead atoms. The normalized spacial score (nSPS) is 17.3. The van der Waals surface area contributed by atoms with Gasteiger partial charge in [-0.1, -0.05) is 64.4 Å². The van der Waals surface area contributed by atoms with Crippen molar-refractivity contribution < 1.29 is 23.0 Å². The number of halogens is 2. The maximum absolute atomic E-state index is 14.3. The fourth-order valence-corrected chi connectivity index (χ4v) is 6.12. The molecule has 0 saturated heterocycles. The summed E-state index contributed by atoms with van der Waals surface area (Å²) in [5, 5.41) is 0. The van der Waals surface area contributed by atoms with Crippen LogP contribution >= 0.6 is 0 Å². The predicted molar refractivity (Wildman–Crippen MR) is 161 cm³/mol. The summed E-state index contributed by atoms with van der Waals surface area (Å²) in [6.07, 6.45) is 14.9. The maximum Gasteiger partial charge on any atom is 0.271 e. The first kappa shape index (κ1) is 30.6. The lowest BCUT2D eigenvalue weighted by molar-refractivity contribution is -0.220. The summed E-state index contributed by atoms with van der Waals surface area (Å²) in [4.78, 5) is 20.6. The molecule has 1 saturated carbocycles. The molecule has 1 aromatic carbocycles. The molecule has 6 nitrogen and oxygen atoms in total. The van der Waals surface area contributed by atoms with Gasteiger partial charge in [0.2, 0.25) is 0 Å². The molecule has 0 N–H and O–H groups in total. The van der Waals surface area contributed by atoms with Crippen LogP contribution in [0.1, 0.15) is 102 Å². The molecule has 42 heavy (non-hydrogen) atoms. The minimum Gasteiger partial charge on any atom is -0.351 e. The quantitative estimate of drug-likeness (QED) is 0.126. The summed E-state index contributed by atoms with van der Waals surface area (Å²) in [5.41, 5.74) is 2.86. The lowest BCUT2D eigenvalue weighted by Crippen LogP contribution is -2.52. The van der Waals surface area contributed by atoms with Crippen molar-refractivity contribution in [3.05, 3.63) is 53.9 Å². The number of pyridine rings is 1. The molecule has 1 aliphatic carbocycles. The fraction of sp³-hybridized carbons (Fsp3) is 0.588. The van der Waals surface area contributed by atoms with E-state index >= 15 is 0 Å². The second-order valence-electron chi connectivity index (χ2n) is 12.3. The number of rotatable bonds is 16. The summed E-state index contributed by atoms with van der Waals surface area (Å²) in [6, 6.07) is 7.49. The summed E-state index contributed by atoms with van der Waals surface area (Å²) in [6.45, 7) is 7.64. The average molecular weight is 582 g/mol. The number of amides is 1. The average Bonchev–Trinajstić information content (AvgIpc) is 3.75. The molecule has 3 aromatic rings. The maximum atomic E-state index is 14.3. The Morgan fingerprint density at radius 3 is 2.36 bits per heavy atom. The summed E-state index contributed by atoms with van der Waals surface area (Å²) < 4.78 is 42.5. The van der Waals surface area contributed by atoms with Crippen LogP contribution in [-0.2, 0) is 16.0 Å². The highest BCUT2D eigenvalue weighted by molar-refractivity contribution is 6.09. The number of fused-ring (bicyclic) bond motifs is 3. The van der Waals surface area contributed by atoms with E-state index in [1.54, 1.807) is 6.20 Å². The Balaban J connectivity index is 1.25. The minimum absolute atomic E-state index is 0.122. The second-order valence-corrected chi connectivity index (χ2v) is 12.3. The van der Waals surface area contributed by atoms with Crippen molar-refractivity contribution in [3.63, 3.8) is 0 Å². The number of ether oxygens (including phenoxy) is 2. The topological polar surface area (TPSA) is 56.6 Å². The third-order valence-electron chi connectivity index (χ3n) is 8.51. The SMILES string of the molecule is CCCCCCCCCCCOC(C)(C)OCC1Cn2c(c(-c3ccc(F)c(F)c3)c3ncccc32)C(=O)N1C1CC1. The Morgan fingerprint density at radius 2 is 1.67 bits per heavy atom. The Bertz CT molecular complexity index is 1370. The molecule has 0 radical (unpaired) electrons. The van der Waals surface area contributed by atoms with Gasteiger partial charge in [-0.3, -0.25) is 9.78 Å². The highest BCUT2D eigenvalue weighted by atomic mass is 19.2. The first-order chi connectivity index (χ1) is 20.3. The van der Waals surface area contributed by atoms with Crippen LogP contribution in [0.15, 0.2) is 36.5 Å². The van der Waals surface area contributed by atoms with Crippen molar-refractivity contribution in [3.8, 4) is 11.1 Å². The van der Waals surface area contributed by atoms with Gasteiger partial charge in [0.1, 0.15) is 5.69 Å². The van der Waals surface area contributed by atoms with E-state index < -0.39 is 17.4 Å². The molecule has 1 unspecified atom stereocenters. The highest BCUT2D eigenvalue weighted by Gasteiger charge is 2.44.